The van der Waals surface area contributed by atoms with E-state index in [1.54, 1.807) is 0 Å². The van der Waals surface area contributed by atoms with Gasteiger partial charge in [-0.05, 0) is 25.0 Å². The van der Waals surface area contributed by atoms with Crippen LogP contribution in [-0.2, 0) is 0 Å². The average molecular weight is 259 g/mol. The summed E-state index contributed by atoms with van der Waals surface area (Å²) >= 11 is 6.21. The maximum Gasteiger partial charge on any atom is 0.191 e. The Morgan fingerprint density at radius 2 is 2.00 bits per heavy atom. The van der Waals surface area contributed by atoms with Gasteiger partial charge in [0.25, 0.3) is 0 Å². The number of nitrogens with zero attached hydrogens (tertiary/aromatic N) is 2. The van der Waals surface area contributed by atoms with Crippen molar-refractivity contribution in [2.24, 2.45) is 0 Å². The van der Waals surface area contributed by atoms with Crippen molar-refractivity contribution in [2.45, 2.75) is 25.2 Å². The molecule has 90 valence electrons. The molecule has 2 aromatic heterocycles. The molecule has 0 amide bonds. The van der Waals surface area contributed by atoms with Gasteiger partial charge in [0, 0.05) is 11.3 Å². The van der Waals surface area contributed by atoms with Gasteiger partial charge in [-0.15, -0.1) is 0 Å². The summed E-state index contributed by atoms with van der Waals surface area (Å²) in [6.07, 6.45) is 3.59. The van der Waals surface area contributed by atoms with E-state index in [9.17, 15) is 0 Å². The van der Waals surface area contributed by atoms with Gasteiger partial charge in [0.1, 0.15) is 16.9 Å². The molecular weight excluding hydrogens is 248 g/mol. The summed E-state index contributed by atoms with van der Waals surface area (Å²) in [5, 5.41) is 1.44. The molecule has 3 nitrogen and oxygen atoms in total. The minimum atomic E-state index is 0.429. The first-order valence-corrected chi connectivity index (χ1v) is 6.55. The molecule has 1 aliphatic rings. The fourth-order valence-electron chi connectivity index (χ4n) is 2.42. The number of para-hydroxylation sites is 1. The smallest absolute Gasteiger partial charge is 0.191 e. The van der Waals surface area contributed by atoms with Crippen LogP contribution in [0.1, 0.15) is 31.0 Å². The second-order valence-electron chi connectivity index (χ2n) is 4.78. The van der Waals surface area contributed by atoms with E-state index < -0.39 is 0 Å². The first-order valence-electron chi connectivity index (χ1n) is 6.17. The Kier molecular flexibility index (Phi) is 2.12. The van der Waals surface area contributed by atoms with Gasteiger partial charge in [-0.25, -0.2) is 9.97 Å². The zero-order valence-corrected chi connectivity index (χ0v) is 10.4. The number of fused-ring (bicyclic) bond motifs is 3. The molecule has 2 heterocycles. The summed E-state index contributed by atoms with van der Waals surface area (Å²) in [6.45, 7) is 0. The van der Waals surface area contributed by atoms with Gasteiger partial charge in [0.05, 0.1) is 0 Å². The minimum Gasteiger partial charge on any atom is -0.451 e. The molecule has 0 unspecified atom stereocenters. The van der Waals surface area contributed by atoms with Crippen molar-refractivity contribution in [1.29, 1.82) is 0 Å². The Morgan fingerprint density at radius 1 is 1.17 bits per heavy atom. The van der Waals surface area contributed by atoms with Crippen LogP contribution in [-0.4, -0.2) is 9.97 Å². The molecule has 0 N–H and O–H groups in total. The van der Waals surface area contributed by atoms with Crippen LogP contribution < -0.4 is 0 Å². The van der Waals surface area contributed by atoms with Crippen LogP contribution in [0.2, 0.25) is 5.15 Å². The summed E-state index contributed by atoms with van der Waals surface area (Å²) in [6, 6.07) is 7.86. The third kappa shape index (κ3) is 1.37. The lowest BCUT2D eigenvalue weighted by molar-refractivity contribution is 0.402. The summed E-state index contributed by atoms with van der Waals surface area (Å²) in [5.41, 5.74) is 2.25. The van der Waals surface area contributed by atoms with Gasteiger partial charge in [-0.2, -0.15) is 0 Å². The molecule has 4 rings (SSSR count). The Morgan fingerprint density at radius 3 is 2.78 bits per heavy atom. The van der Waals surface area contributed by atoms with Crippen molar-refractivity contribution in [1.82, 2.24) is 9.97 Å². The van der Waals surface area contributed by atoms with Crippen LogP contribution >= 0.6 is 11.6 Å². The van der Waals surface area contributed by atoms with E-state index in [1.165, 1.54) is 6.42 Å². The largest absolute Gasteiger partial charge is 0.451 e. The molecule has 0 bridgehead atoms. The Bertz CT molecular complexity index is 746. The molecule has 3 aromatic rings. The molecule has 1 aliphatic carbocycles. The van der Waals surface area contributed by atoms with Crippen LogP contribution in [0.15, 0.2) is 28.7 Å². The van der Waals surface area contributed by atoms with Crippen molar-refractivity contribution >= 4 is 33.7 Å². The lowest BCUT2D eigenvalue weighted by Crippen LogP contribution is -2.12. The highest BCUT2D eigenvalue weighted by molar-refractivity contribution is 6.34. The van der Waals surface area contributed by atoms with E-state index in [0.29, 0.717) is 16.7 Å². The minimum absolute atomic E-state index is 0.429. The monoisotopic (exact) mass is 258 g/mol. The summed E-state index contributed by atoms with van der Waals surface area (Å²) in [7, 11) is 0. The normalized spacial score (nSPS) is 16.3. The lowest BCUT2D eigenvalue weighted by atomic mass is 9.85. The van der Waals surface area contributed by atoms with E-state index in [0.717, 1.165) is 35.2 Å². The predicted octanol–water partition coefficient (Wildman–Crippen LogP) is 4.30. The zero-order chi connectivity index (χ0) is 12.1. The molecule has 4 heteroatoms. The standard InChI is InChI=1S/C14H11ClN2O/c15-13-12-11(9-6-1-2-7-10(9)18-12)16-14(17-13)8-4-3-5-8/h1-2,6-8H,3-5H2. The number of aromatic nitrogens is 2. The van der Waals surface area contributed by atoms with Gasteiger partial charge in [-0.3, -0.25) is 0 Å². The van der Waals surface area contributed by atoms with Crippen LogP contribution in [0.3, 0.4) is 0 Å². The Labute approximate surface area is 109 Å². The van der Waals surface area contributed by atoms with Crippen molar-refractivity contribution in [3.8, 4) is 0 Å². The number of halogens is 1. The van der Waals surface area contributed by atoms with Gasteiger partial charge in [-0.1, -0.05) is 30.2 Å². The highest BCUT2D eigenvalue weighted by Crippen LogP contribution is 2.37. The number of hydrogen-bond acceptors (Lipinski definition) is 3. The Balaban J connectivity index is 2.05. The Hall–Kier alpha value is -1.61. The number of furan rings is 1. The van der Waals surface area contributed by atoms with Crippen LogP contribution in [0.4, 0.5) is 0 Å². The van der Waals surface area contributed by atoms with Gasteiger partial charge in [0.15, 0.2) is 10.7 Å². The molecule has 1 fully saturated rings. The van der Waals surface area contributed by atoms with E-state index in [4.69, 9.17) is 16.0 Å². The van der Waals surface area contributed by atoms with Gasteiger partial charge in [0.2, 0.25) is 0 Å². The summed E-state index contributed by atoms with van der Waals surface area (Å²) in [5.74, 6) is 1.34. The molecule has 0 atom stereocenters. The topological polar surface area (TPSA) is 38.9 Å². The fourth-order valence-corrected chi connectivity index (χ4v) is 2.64. The second-order valence-corrected chi connectivity index (χ2v) is 5.13. The van der Waals surface area contributed by atoms with Crippen molar-refractivity contribution < 1.29 is 4.42 Å². The molecule has 0 aliphatic heterocycles. The van der Waals surface area contributed by atoms with Crippen LogP contribution in [0.25, 0.3) is 22.1 Å². The fraction of sp³-hybridized carbons (Fsp3) is 0.286. The molecule has 0 saturated heterocycles. The highest BCUT2D eigenvalue weighted by Gasteiger charge is 2.24. The SMILES string of the molecule is Clc1nc(C2CCC2)nc2c1oc1ccccc12. The highest BCUT2D eigenvalue weighted by atomic mass is 35.5. The molecule has 1 saturated carbocycles. The van der Waals surface area contributed by atoms with Gasteiger partial charge < -0.3 is 4.42 Å². The quantitative estimate of drug-likeness (QED) is 0.611. The summed E-state index contributed by atoms with van der Waals surface area (Å²) in [4.78, 5) is 9.04. The molecule has 0 spiro atoms. The molecule has 0 radical (unpaired) electrons. The third-order valence-corrected chi connectivity index (χ3v) is 3.92. The van der Waals surface area contributed by atoms with E-state index >= 15 is 0 Å². The number of benzene rings is 1. The molecule has 1 aromatic carbocycles. The number of rotatable bonds is 1. The maximum atomic E-state index is 6.21. The van der Waals surface area contributed by atoms with Crippen LogP contribution in [0.5, 0.6) is 0 Å². The molecular formula is C14H11ClN2O. The maximum absolute atomic E-state index is 6.21. The second kappa shape index (κ2) is 3.69. The van der Waals surface area contributed by atoms with E-state index in [-0.39, 0.29) is 0 Å². The molecule has 18 heavy (non-hydrogen) atoms. The van der Waals surface area contributed by atoms with E-state index in [1.807, 2.05) is 24.3 Å². The zero-order valence-electron chi connectivity index (χ0n) is 9.69. The number of hydrogen-bond donors (Lipinski definition) is 0. The predicted molar refractivity (Wildman–Crippen MR) is 70.9 cm³/mol. The third-order valence-electron chi connectivity index (χ3n) is 3.67. The van der Waals surface area contributed by atoms with Crippen LogP contribution in [0, 0.1) is 0 Å². The lowest BCUT2D eigenvalue weighted by Gasteiger charge is -2.23. The average Bonchev–Trinajstić information content (AvgIpc) is 2.67. The van der Waals surface area contributed by atoms with Crippen molar-refractivity contribution in [3.63, 3.8) is 0 Å². The van der Waals surface area contributed by atoms with E-state index in [2.05, 4.69) is 9.97 Å². The van der Waals surface area contributed by atoms with Crippen molar-refractivity contribution in [2.75, 3.05) is 0 Å². The van der Waals surface area contributed by atoms with Crippen molar-refractivity contribution in [3.05, 3.63) is 35.2 Å². The van der Waals surface area contributed by atoms with Gasteiger partial charge >= 0.3 is 0 Å². The summed E-state index contributed by atoms with van der Waals surface area (Å²) < 4.78 is 5.71. The first-order chi connectivity index (χ1) is 8.83. The first kappa shape index (κ1) is 10.3.